The van der Waals surface area contributed by atoms with Crippen LogP contribution in [0.5, 0.6) is 0 Å². The van der Waals surface area contributed by atoms with Gasteiger partial charge in [-0.2, -0.15) is 0 Å². The average molecular weight is 229 g/mol. The van der Waals surface area contributed by atoms with Crippen LogP contribution in [0.15, 0.2) is 17.8 Å². The van der Waals surface area contributed by atoms with Crippen LogP contribution in [0, 0.1) is 4.91 Å². The van der Waals surface area contributed by atoms with Crippen LogP contribution in [0.25, 0.3) is 0 Å². The zero-order valence-corrected chi connectivity index (χ0v) is 8.51. The van der Waals surface area contributed by atoms with Crippen LogP contribution >= 0.6 is 0 Å². The van der Waals surface area contributed by atoms with Crippen LogP contribution in [0.4, 0.5) is 0 Å². The maximum Gasteiger partial charge on any atom is 0.330 e. The van der Waals surface area contributed by atoms with Crippen molar-refractivity contribution in [3.8, 4) is 0 Å². The minimum Gasteiger partial charge on any atom is -0.462 e. The second kappa shape index (κ2) is 8.27. The van der Waals surface area contributed by atoms with Crippen molar-refractivity contribution in [2.75, 3.05) is 13.2 Å². The summed E-state index contributed by atoms with van der Waals surface area (Å²) in [6.07, 6.45) is 0.477. The highest BCUT2D eigenvalue weighted by Gasteiger charge is 2.08. The molecular formula is C9H11NO6. The van der Waals surface area contributed by atoms with Crippen LogP contribution in [-0.2, 0) is 23.9 Å². The summed E-state index contributed by atoms with van der Waals surface area (Å²) in [5, 5.41) is 2.11. The molecule has 0 saturated carbocycles. The molecule has 0 aromatic rings. The smallest absolute Gasteiger partial charge is 0.330 e. The van der Waals surface area contributed by atoms with E-state index in [1.165, 1.54) is 0 Å². The zero-order valence-electron chi connectivity index (χ0n) is 8.51. The number of rotatable bonds is 7. The average Bonchev–Trinajstić information content (AvgIpc) is 2.31. The summed E-state index contributed by atoms with van der Waals surface area (Å²) in [6, 6.07) is 0. The highest BCUT2D eigenvalue weighted by Crippen LogP contribution is 1.95. The molecule has 0 fully saturated rings. The lowest BCUT2D eigenvalue weighted by atomic mass is 10.3. The van der Waals surface area contributed by atoms with E-state index in [2.05, 4.69) is 21.2 Å². The van der Waals surface area contributed by atoms with Crippen molar-refractivity contribution in [2.24, 2.45) is 5.18 Å². The molecule has 0 unspecified atom stereocenters. The lowest BCUT2D eigenvalue weighted by molar-refractivity contribution is -0.150. The second-order valence-electron chi connectivity index (χ2n) is 2.58. The molecule has 0 heterocycles. The lowest BCUT2D eigenvalue weighted by Crippen LogP contribution is -2.13. The van der Waals surface area contributed by atoms with E-state index in [1.807, 2.05) is 0 Å². The van der Waals surface area contributed by atoms with E-state index >= 15 is 0 Å². The maximum absolute atomic E-state index is 10.9. The molecular weight excluding hydrogens is 218 g/mol. The monoisotopic (exact) mass is 229 g/mol. The molecule has 16 heavy (non-hydrogen) atoms. The minimum absolute atomic E-state index is 0.0868. The molecule has 0 saturated heterocycles. The molecule has 7 nitrogen and oxygen atoms in total. The number of amides is 1. The number of hydrogen-bond donors (Lipinski definition) is 0. The second-order valence-corrected chi connectivity index (χ2v) is 2.58. The van der Waals surface area contributed by atoms with Gasteiger partial charge in [0, 0.05) is 17.7 Å². The van der Waals surface area contributed by atoms with Gasteiger partial charge in [-0.05, 0) is 0 Å². The fraction of sp³-hybridized carbons (Fsp3) is 0.444. The molecule has 7 heteroatoms. The molecule has 0 rings (SSSR count). The quantitative estimate of drug-likeness (QED) is 0.270. The Kier molecular flexibility index (Phi) is 7.21. The third kappa shape index (κ3) is 7.36. The summed E-state index contributed by atoms with van der Waals surface area (Å²) < 4.78 is 9.10. The van der Waals surface area contributed by atoms with Crippen molar-refractivity contribution >= 4 is 17.8 Å². The number of hydrogen-bond acceptors (Lipinski definition) is 6. The first-order valence-electron chi connectivity index (χ1n) is 4.41. The van der Waals surface area contributed by atoms with Crippen LogP contribution in [-0.4, -0.2) is 31.1 Å². The van der Waals surface area contributed by atoms with Gasteiger partial charge in [-0.3, -0.25) is 9.59 Å². The first-order chi connectivity index (χ1) is 7.60. The van der Waals surface area contributed by atoms with Crippen molar-refractivity contribution in [2.45, 2.75) is 12.8 Å². The molecule has 0 aromatic carbocycles. The number of carbonyl (C=O) groups excluding carboxylic acids is 3. The van der Waals surface area contributed by atoms with Crippen molar-refractivity contribution in [1.82, 2.24) is 0 Å². The van der Waals surface area contributed by atoms with E-state index in [0.29, 0.717) is 0 Å². The maximum atomic E-state index is 10.9. The molecule has 0 N–H and O–H groups in total. The van der Waals surface area contributed by atoms with Gasteiger partial charge in [-0.15, -0.1) is 4.91 Å². The Balaban J connectivity index is 3.51. The van der Waals surface area contributed by atoms with Crippen LogP contribution in [0.1, 0.15) is 12.8 Å². The van der Waals surface area contributed by atoms with Crippen molar-refractivity contribution in [1.29, 1.82) is 0 Å². The van der Waals surface area contributed by atoms with Gasteiger partial charge in [0.15, 0.2) is 0 Å². The molecule has 0 radical (unpaired) electrons. The van der Waals surface area contributed by atoms with Crippen LogP contribution in [0.2, 0.25) is 0 Å². The van der Waals surface area contributed by atoms with Crippen molar-refractivity contribution < 1.29 is 23.9 Å². The fourth-order valence-corrected chi connectivity index (χ4v) is 0.683. The predicted molar refractivity (Wildman–Crippen MR) is 52.2 cm³/mol. The van der Waals surface area contributed by atoms with Gasteiger partial charge in [0.1, 0.15) is 13.2 Å². The van der Waals surface area contributed by atoms with E-state index in [-0.39, 0.29) is 26.1 Å². The summed E-state index contributed by atoms with van der Waals surface area (Å²) in [6.45, 7) is 2.98. The molecule has 0 aliphatic heterocycles. The van der Waals surface area contributed by atoms with Gasteiger partial charge in [0.05, 0.1) is 6.42 Å². The third-order valence-corrected chi connectivity index (χ3v) is 1.40. The Morgan fingerprint density at radius 3 is 2.31 bits per heavy atom. The Labute approximate surface area is 91.4 Å². The summed E-state index contributed by atoms with van der Waals surface area (Å²) in [5.74, 6) is -2.18. The molecule has 0 spiro atoms. The summed E-state index contributed by atoms with van der Waals surface area (Å²) >= 11 is 0. The van der Waals surface area contributed by atoms with Crippen LogP contribution < -0.4 is 0 Å². The number of nitrogens with zero attached hydrogens (tertiary/aromatic N) is 1. The Morgan fingerprint density at radius 2 is 1.75 bits per heavy atom. The number of ether oxygens (including phenoxy) is 2. The molecule has 0 aliphatic rings. The molecule has 0 bridgehead atoms. The van der Waals surface area contributed by atoms with E-state index < -0.39 is 17.8 Å². The number of esters is 2. The predicted octanol–water partition coefficient (Wildman–Crippen LogP) is 0.332. The molecule has 0 aromatic heterocycles. The molecule has 88 valence electrons. The summed E-state index contributed by atoms with van der Waals surface area (Å²) in [4.78, 5) is 41.5. The van der Waals surface area contributed by atoms with Gasteiger partial charge < -0.3 is 9.47 Å². The SMILES string of the molecule is C=CC(=O)OCCOC(=O)CCC(=O)N=O. The van der Waals surface area contributed by atoms with Gasteiger partial charge >= 0.3 is 11.9 Å². The third-order valence-electron chi connectivity index (χ3n) is 1.40. The fourth-order valence-electron chi connectivity index (χ4n) is 0.683. The highest BCUT2D eigenvalue weighted by molar-refractivity contribution is 5.82. The number of nitroso groups, excluding NO2 is 1. The highest BCUT2D eigenvalue weighted by atomic mass is 16.6. The minimum atomic E-state index is -0.907. The molecule has 1 amide bonds. The topological polar surface area (TPSA) is 99.1 Å². The van der Waals surface area contributed by atoms with Crippen molar-refractivity contribution in [3.05, 3.63) is 17.6 Å². The zero-order chi connectivity index (χ0) is 12.4. The standard InChI is InChI=1S/C9H11NO6/c1-2-8(12)15-5-6-16-9(13)4-3-7(11)10-14/h2H,1,3-6H2. The molecule has 0 atom stereocenters. The van der Waals surface area contributed by atoms with Gasteiger partial charge in [0.2, 0.25) is 0 Å². The summed E-state index contributed by atoms with van der Waals surface area (Å²) in [5.41, 5.74) is 0. The van der Waals surface area contributed by atoms with Crippen LogP contribution in [0.3, 0.4) is 0 Å². The van der Waals surface area contributed by atoms with E-state index in [9.17, 15) is 19.3 Å². The Bertz CT molecular complexity index is 298. The van der Waals surface area contributed by atoms with Gasteiger partial charge in [-0.25, -0.2) is 4.79 Å². The first-order valence-corrected chi connectivity index (χ1v) is 4.41. The molecule has 0 aliphatic carbocycles. The largest absolute Gasteiger partial charge is 0.462 e. The number of carbonyl (C=O) groups is 3. The van der Waals surface area contributed by atoms with Gasteiger partial charge in [-0.1, -0.05) is 6.58 Å². The van der Waals surface area contributed by atoms with E-state index in [1.54, 1.807) is 0 Å². The van der Waals surface area contributed by atoms with E-state index in [4.69, 9.17) is 0 Å². The van der Waals surface area contributed by atoms with Gasteiger partial charge in [0.25, 0.3) is 5.91 Å². The summed E-state index contributed by atoms with van der Waals surface area (Å²) in [7, 11) is 0. The Morgan fingerprint density at radius 1 is 1.12 bits per heavy atom. The lowest BCUT2D eigenvalue weighted by Gasteiger charge is -2.03. The Hall–Kier alpha value is -2.05. The first kappa shape index (κ1) is 13.9. The van der Waals surface area contributed by atoms with Crippen molar-refractivity contribution in [3.63, 3.8) is 0 Å². The normalized spacial score (nSPS) is 9.00. The van der Waals surface area contributed by atoms with E-state index in [0.717, 1.165) is 6.08 Å².